The monoisotopic (exact) mass is 403 g/mol. The van der Waals surface area contributed by atoms with Gasteiger partial charge >= 0.3 is 0 Å². The van der Waals surface area contributed by atoms with Crippen LogP contribution >= 0.6 is 0 Å². The number of likely N-dealkylation sites (tertiary alicyclic amines) is 2. The van der Waals surface area contributed by atoms with E-state index in [1.807, 2.05) is 4.90 Å². The van der Waals surface area contributed by atoms with Crippen LogP contribution < -0.4 is 5.32 Å². The number of nitrogens with zero attached hydrogens (tertiary/aromatic N) is 2. The van der Waals surface area contributed by atoms with E-state index in [4.69, 9.17) is 0 Å². The van der Waals surface area contributed by atoms with Gasteiger partial charge in [0.15, 0.2) is 0 Å². The second-order valence-corrected chi connectivity index (χ2v) is 10.2. The molecule has 0 radical (unpaired) electrons. The lowest BCUT2D eigenvalue weighted by Gasteiger charge is -2.32. The van der Waals surface area contributed by atoms with Crippen LogP contribution in [0, 0.1) is 23.2 Å². The van der Waals surface area contributed by atoms with Crippen molar-refractivity contribution in [2.45, 2.75) is 66.2 Å². The molecule has 164 valence electrons. The Morgan fingerprint density at radius 2 is 1.69 bits per heavy atom. The van der Waals surface area contributed by atoms with E-state index in [1.54, 1.807) is 0 Å². The van der Waals surface area contributed by atoms with Crippen molar-refractivity contribution in [3.8, 4) is 0 Å². The van der Waals surface area contributed by atoms with Gasteiger partial charge in [0.25, 0.3) is 0 Å². The summed E-state index contributed by atoms with van der Waals surface area (Å²) in [4.78, 5) is 30.0. The van der Waals surface area contributed by atoms with Crippen molar-refractivity contribution < 1.29 is 9.59 Å². The summed E-state index contributed by atoms with van der Waals surface area (Å²) in [5.74, 6) is 1.01. The summed E-state index contributed by atoms with van der Waals surface area (Å²) in [6, 6.07) is 0. The molecule has 2 aliphatic heterocycles. The van der Waals surface area contributed by atoms with Crippen LogP contribution in [-0.4, -0.2) is 60.9 Å². The summed E-state index contributed by atoms with van der Waals surface area (Å²) in [6.07, 6.45) is 8.88. The topological polar surface area (TPSA) is 52.7 Å². The molecule has 3 aliphatic rings. The Hall–Kier alpha value is -1.36. The van der Waals surface area contributed by atoms with Gasteiger partial charge in [-0.1, -0.05) is 31.9 Å². The van der Waals surface area contributed by atoms with Crippen LogP contribution in [0.25, 0.3) is 0 Å². The molecule has 2 unspecified atom stereocenters. The molecule has 1 aliphatic carbocycles. The van der Waals surface area contributed by atoms with E-state index in [2.05, 4.69) is 44.0 Å². The van der Waals surface area contributed by atoms with Gasteiger partial charge in [0.05, 0.1) is 5.92 Å². The minimum Gasteiger partial charge on any atom is -0.356 e. The molecular weight excluding hydrogens is 362 g/mol. The van der Waals surface area contributed by atoms with Crippen molar-refractivity contribution in [2.24, 2.45) is 23.2 Å². The molecule has 3 fully saturated rings. The molecule has 5 heteroatoms. The predicted octanol–water partition coefficient (Wildman–Crippen LogP) is 3.46. The van der Waals surface area contributed by atoms with Crippen molar-refractivity contribution in [1.82, 2.24) is 15.1 Å². The number of piperidine rings is 2. The van der Waals surface area contributed by atoms with Crippen LogP contribution in [0.4, 0.5) is 0 Å². The summed E-state index contributed by atoms with van der Waals surface area (Å²) in [5.41, 5.74) is 1.35. The number of rotatable bonds is 7. The molecule has 3 rings (SSSR count). The first-order valence-electron chi connectivity index (χ1n) is 11.7. The van der Waals surface area contributed by atoms with Gasteiger partial charge in [-0.25, -0.2) is 0 Å². The second-order valence-electron chi connectivity index (χ2n) is 10.2. The van der Waals surface area contributed by atoms with Gasteiger partial charge in [-0.3, -0.25) is 9.59 Å². The normalized spacial score (nSPS) is 27.4. The maximum absolute atomic E-state index is 13.0. The lowest BCUT2D eigenvalue weighted by molar-refractivity contribution is -0.137. The smallest absolute Gasteiger partial charge is 0.226 e. The third-order valence-corrected chi connectivity index (χ3v) is 7.27. The summed E-state index contributed by atoms with van der Waals surface area (Å²) in [5, 5.41) is 3.14. The molecule has 2 atom stereocenters. The zero-order chi connectivity index (χ0) is 21.0. The molecule has 0 bridgehead atoms. The summed E-state index contributed by atoms with van der Waals surface area (Å²) in [7, 11) is 0. The first kappa shape index (κ1) is 22.3. The Morgan fingerprint density at radius 3 is 2.31 bits per heavy atom. The number of carbonyl (C=O) groups is 2. The third-order valence-electron chi connectivity index (χ3n) is 7.27. The number of carbonyl (C=O) groups excluding carboxylic acids is 2. The maximum Gasteiger partial charge on any atom is 0.226 e. The van der Waals surface area contributed by atoms with Gasteiger partial charge < -0.3 is 15.1 Å². The number of amides is 2. The number of hydrogen-bond donors (Lipinski definition) is 1. The van der Waals surface area contributed by atoms with E-state index < -0.39 is 0 Å². The number of hydrogen-bond acceptors (Lipinski definition) is 3. The Balaban J connectivity index is 1.36. The molecule has 0 aromatic carbocycles. The molecule has 2 amide bonds. The zero-order valence-electron chi connectivity index (χ0n) is 19.0. The Bertz CT molecular complexity index is 610. The SMILES string of the molecule is CC(C)=CC1C(C(=O)N2CCC(C(=O)NCCCN3CCCCC3)CC2)C1(C)C. The fraction of sp³-hybridized carbons (Fsp3) is 0.833. The van der Waals surface area contributed by atoms with Crippen LogP contribution in [0.2, 0.25) is 0 Å². The van der Waals surface area contributed by atoms with E-state index in [0.717, 1.165) is 45.4 Å². The second kappa shape index (κ2) is 9.63. The van der Waals surface area contributed by atoms with Crippen LogP contribution in [0.3, 0.4) is 0 Å². The van der Waals surface area contributed by atoms with Crippen molar-refractivity contribution in [3.05, 3.63) is 11.6 Å². The van der Waals surface area contributed by atoms with E-state index in [1.165, 1.54) is 37.9 Å². The van der Waals surface area contributed by atoms with Gasteiger partial charge in [-0.15, -0.1) is 0 Å². The van der Waals surface area contributed by atoms with E-state index >= 15 is 0 Å². The Labute approximate surface area is 177 Å². The quantitative estimate of drug-likeness (QED) is 0.523. The van der Waals surface area contributed by atoms with E-state index in [0.29, 0.717) is 5.92 Å². The maximum atomic E-state index is 13.0. The molecule has 2 saturated heterocycles. The van der Waals surface area contributed by atoms with E-state index in [-0.39, 0.29) is 29.1 Å². The minimum atomic E-state index is 0.0647. The van der Waals surface area contributed by atoms with Crippen molar-refractivity contribution >= 4 is 11.8 Å². The van der Waals surface area contributed by atoms with Gasteiger partial charge in [-0.05, 0) is 76.9 Å². The van der Waals surface area contributed by atoms with Crippen LogP contribution in [0.1, 0.15) is 66.2 Å². The largest absolute Gasteiger partial charge is 0.356 e. The van der Waals surface area contributed by atoms with Crippen molar-refractivity contribution in [1.29, 1.82) is 0 Å². The molecule has 5 nitrogen and oxygen atoms in total. The Morgan fingerprint density at radius 1 is 1.03 bits per heavy atom. The summed E-state index contributed by atoms with van der Waals surface area (Å²) in [6.45, 7) is 14.3. The summed E-state index contributed by atoms with van der Waals surface area (Å²) >= 11 is 0. The van der Waals surface area contributed by atoms with Gasteiger partial charge in [0, 0.05) is 25.6 Å². The lowest BCUT2D eigenvalue weighted by Crippen LogP contribution is -2.44. The van der Waals surface area contributed by atoms with Crippen molar-refractivity contribution in [3.63, 3.8) is 0 Å². The van der Waals surface area contributed by atoms with Gasteiger partial charge in [0.1, 0.15) is 0 Å². The first-order chi connectivity index (χ1) is 13.8. The molecule has 1 saturated carbocycles. The highest BCUT2D eigenvalue weighted by molar-refractivity contribution is 5.84. The average Bonchev–Trinajstić information content (AvgIpc) is 3.24. The van der Waals surface area contributed by atoms with Crippen LogP contribution in [-0.2, 0) is 9.59 Å². The molecule has 1 N–H and O–H groups in total. The molecular formula is C24H41N3O2. The van der Waals surface area contributed by atoms with Gasteiger partial charge in [0.2, 0.25) is 11.8 Å². The molecule has 0 aromatic heterocycles. The molecule has 0 spiro atoms. The zero-order valence-corrected chi connectivity index (χ0v) is 19.0. The molecule has 0 aromatic rings. The Kier molecular flexibility index (Phi) is 7.42. The highest BCUT2D eigenvalue weighted by Gasteiger charge is 2.61. The molecule has 29 heavy (non-hydrogen) atoms. The van der Waals surface area contributed by atoms with Crippen LogP contribution in [0.15, 0.2) is 11.6 Å². The van der Waals surface area contributed by atoms with Gasteiger partial charge in [-0.2, -0.15) is 0 Å². The predicted molar refractivity (Wildman–Crippen MR) is 117 cm³/mol. The van der Waals surface area contributed by atoms with Crippen molar-refractivity contribution in [2.75, 3.05) is 39.3 Å². The standard InChI is InChI=1S/C24H41N3O2/c1-18(2)17-20-21(24(20,3)4)23(29)27-15-9-19(10-16-27)22(28)25-11-8-14-26-12-6-5-7-13-26/h17,19-21H,5-16H2,1-4H3,(H,25,28). The number of nitrogens with one attached hydrogen (secondary N) is 1. The van der Waals surface area contributed by atoms with E-state index in [9.17, 15) is 9.59 Å². The third kappa shape index (κ3) is 5.62. The highest BCUT2D eigenvalue weighted by atomic mass is 16.2. The fourth-order valence-electron chi connectivity index (χ4n) is 5.22. The van der Waals surface area contributed by atoms with Crippen LogP contribution in [0.5, 0.6) is 0 Å². The first-order valence-corrected chi connectivity index (χ1v) is 11.7. The number of allylic oxidation sites excluding steroid dienone is 2. The highest BCUT2D eigenvalue weighted by Crippen LogP contribution is 2.60. The molecule has 2 heterocycles. The average molecular weight is 404 g/mol. The minimum absolute atomic E-state index is 0.0647. The lowest BCUT2D eigenvalue weighted by atomic mass is 9.95. The fourth-order valence-corrected chi connectivity index (χ4v) is 5.22. The summed E-state index contributed by atoms with van der Waals surface area (Å²) < 4.78 is 0.